The zero-order valence-electron chi connectivity index (χ0n) is 17.1. The summed E-state index contributed by atoms with van der Waals surface area (Å²) < 4.78 is 5.88. The highest BCUT2D eigenvalue weighted by molar-refractivity contribution is 6.46. The Hall–Kier alpha value is -3.15. The third-order valence-corrected chi connectivity index (χ3v) is 5.04. The summed E-state index contributed by atoms with van der Waals surface area (Å²) in [5, 5.41) is 16.9. The van der Waals surface area contributed by atoms with Crippen molar-refractivity contribution in [3.05, 3.63) is 59.6 Å². The van der Waals surface area contributed by atoms with Gasteiger partial charge in [0.2, 0.25) is 5.89 Å². The van der Waals surface area contributed by atoms with Crippen molar-refractivity contribution in [3.8, 4) is 11.5 Å². The number of rotatable bonds is 7. The van der Waals surface area contributed by atoms with Gasteiger partial charge in [-0.15, -0.1) is 10.2 Å². The number of nitrogens with zero attached hydrogens (tertiary/aromatic N) is 3. The molecule has 1 aromatic carbocycles. The highest BCUT2D eigenvalue weighted by atomic mass is 16.4. The number of ketones is 1. The van der Waals surface area contributed by atoms with Crippen molar-refractivity contribution in [2.75, 3.05) is 0 Å². The van der Waals surface area contributed by atoms with E-state index in [0.29, 0.717) is 42.5 Å². The Kier molecular flexibility index (Phi) is 6.65. The summed E-state index contributed by atoms with van der Waals surface area (Å²) in [5.74, 6) is 1.12. The first-order chi connectivity index (χ1) is 14.0. The van der Waals surface area contributed by atoms with Gasteiger partial charge < -0.3 is 9.83 Å². The van der Waals surface area contributed by atoms with Gasteiger partial charge in [0.15, 0.2) is 5.78 Å². The van der Waals surface area contributed by atoms with Gasteiger partial charge in [-0.05, 0) is 49.5 Å². The summed E-state index contributed by atoms with van der Waals surface area (Å²) >= 11 is 0. The van der Waals surface area contributed by atoms with Crippen LogP contribution in [0.4, 0.5) is 0 Å². The third-order valence-electron chi connectivity index (χ3n) is 5.04. The second-order valence-electron chi connectivity index (χ2n) is 7.35. The lowest BCUT2D eigenvalue weighted by molar-refractivity contribution is -0.114. The van der Waals surface area contributed by atoms with Crippen LogP contribution in [0.2, 0.25) is 0 Å². The largest absolute Gasteiger partial charge is 0.415 e. The monoisotopic (exact) mass is 390 g/mol. The maximum absolute atomic E-state index is 11.5. The first kappa shape index (κ1) is 20.6. The number of carbonyl (C=O) groups excluding carboxylic acids is 1. The van der Waals surface area contributed by atoms with E-state index in [9.17, 15) is 4.79 Å². The zero-order valence-corrected chi connectivity index (χ0v) is 17.1. The number of allylic oxidation sites excluding steroid dienone is 4. The van der Waals surface area contributed by atoms with Crippen molar-refractivity contribution in [1.29, 1.82) is 5.41 Å². The van der Waals surface area contributed by atoms with E-state index < -0.39 is 0 Å². The molecule has 0 bridgehead atoms. The van der Waals surface area contributed by atoms with Crippen LogP contribution in [-0.4, -0.2) is 27.4 Å². The van der Waals surface area contributed by atoms with E-state index in [2.05, 4.69) is 24.0 Å². The van der Waals surface area contributed by atoms with Gasteiger partial charge in [-0.2, -0.15) is 0 Å². The number of hydrogen-bond donors (Lipinski definition) is 1. The van der Waals surface area contributed by atoms with E-state index in [1.165, 1.54) is 0 Å². The molecule has 0 amide bonds. The van der Waals surface area contributed by atoms with Crippen LogP contribution < -0.4 is 0 Å². The highest BCUT2D eigenvalue weighted by Crippen LogP contribution is 2.22. The first-order valence-electron chi connectivity index (χ1n) is 9.94. The Bertz CT molecular complexity index is 983. The zero-order chi connectivity index (χ0) is 20.8. The molecule has 0 saturated carbocycles. The van der Waals surface area contributed by atoms with Crippen molar-refractivity contribution >= 4 is 17.2 Å². The lowest BCUT2D eigenvalue weighted by Crippen LogP contribution is -2.18. The van der Waals surface area contributed by atoms with E-state index >= 15 is 0 Å². The van der Waals surface area contributed by atoms with Gasteiger partial charge in [-0.1, -0.05) is 44.5 Å². The second kappa shape index (κ2) is 9.37. The van der Waals surface area contributed by atoms with Gasteiger partial charge in [0, 0.05) is 17.7 Å². The van der Waals surface area contributed by atoms with Crippen LogP contribution >= 0.6 is 0 Å². The Morgan fingerprint density at radius 2 is 1.97 bits per heavy atom. The summed E-state index contributed by atoms with van der Waals surface area (Å²) in [5.41, 5.74) is 3.34. The highest BCUT2D eigenvalue weighted by Gasteiger charge is 2.21. The predicted octanol–water partition coefficient (Wildman–Crippen LogP) is 5.17. The topological polar surface area (TPSA) is 92.2 Å². The SMILES string of the molecule is CCC(C)CC(=N)C(=N/C(C)=C1\C=CC(=O)CC1)c1nnc(-c2ccccc2)o1. The average Bonchev–Trinajstić information content (AvgIpc) is 3.22. The van der Waals surface area contributed by atoms with Crippen LogP contribution in [-0.2, 0) is 4.79 Å². The van der Waals surface area contributed by atoms with Crippen LogP contribution in [0, 0.1) is 11.3 Å². The fraction of sp³-hybridized carbons (Fsp3) is 0.348. The molecular weight excluding hydrogens is 364 g/mol. The molecule has 0 radical (unpaired) electrons. The normalized spacial score (nSPS) is 17.3. The molecule has 6 nitrogen and oxygen atoms in total. The Labute approximate surface area is 171 Å². The molecule has 0 fully saturated rings. The van der Waals surface area contributed by atoms with Crippen LogP contribution in [0.25, 0.3) is 11.5 Å². The van der Waals surface area contributed by atoms with E-state index in [-0.39, 0.29) is 11.7 Å². The molecule has 29 heavy (non-hydrogen) atoms. The number of nitrogens with one attached hydrogen (secondary N) is 1. The molecule has 1 aliphatic carbocycles. The molecule has 3 rings (SSSR count). The Morgan fingerprint density at radius 3 is 2.62 bits per heavy atom. The molecule has 6 heteroatoms. The standard InChI is InChI=1S/C23H26N4O2/c1-4-15(2)14-20(24)21(25-16(3)17-10-12-19(28)13-11-17)23-27-26-22(29-23)18-8-6-5-7-9-18/h5-10,12,15,24H,4,11,13-14H2,1-3H3/b17-16+,24-20?,25-21?. The fourth-order valence-electron chi connectivity index (χ4n) is 3.01. The van der Waals surface area contributed by atoms with Crippen LogP contribution in [0.3, 0.4) is 0 Å². The van der Waals surface area contributed by atoms with Gasteiger partial charge in [0.05, 0.1) is 5.71 Å². The van der Waals surface area contributed by atoms with Gasteiger partial charge in [0.25, 0.3) is 5.89 Å². The summed E-state index contributed by atoms with van der Waals surface area (Å²) in [6.45, 7) is 6.10. The molecule has 150 valence electrons. The lowest BCUT2D eigenvalue weighted by Gasteiger charge is -2.12. The summed E-state index contributed by atoms with van der Waals surface area (Å²) in [4.78, 5) is 16.2. The minimum Gasteiger partial charge on any atom is -0.415 e. The van der Waals surface area contributed by atoms with Crippen molar-refractivity contribution in [1.82, 2.24) is 10.2 Å². The van der Waals surface area contributed by atoms with Crippen molar-refractivity contribution in [2.24, 2.45) is 10.9 Å². The van der Waals surface area contributed by atoms with Gasteiger partial charge >= 0.3 is 0 Å². The van der Waals surface area contributed by atoms with Crippen LogP contribution in [0.1, 0.15) is 52.3 Å². The van der Waals surface area contributed by atoms with E-state index in [1.807, 2.05) is 43.3 Å². The maximum atomic E-state index is 11.5. The molecule has 0 spiro atoms. The maximum Gasteiger partial charge on any atom is 0.268 e. The van der Waals surface area contributed by atoms with Crippen molar-refractivity contribution in [3.63, 3.8) is 0 Å². The molecule has 2 aromatic rings. The number of carbonyl (C=O) groups is 1. The summed E-state index contributed by atoms with van der Waals surface area (Å²) in [6, 6.07) is 9.54. The molecular formula is C23H26N4O2. The van der Waals surface area contributed by atoms with E-state index in [1.54, 1.807) is 6.08 Å². The summed E-state index contributed by atoms with van der Waals surface area (Å²) in [6.07, 6.45) is 6.08. The minimum atomic E-state index is 0.125. The van der Waals surface area contributed by atoms with Gasteiger partial charge in [0.1, 0.15) is 5.71 Å². The van der Waals surface area contributed by atoms with Gasteiger partial charge in [-0.25, -0.2) is 4.99 Å². The smallest absolute Gasteiger partial charge is 0.268 e. The van der Waals surface area contributed by atoms with Crippen LogP contribution in [0.5, 0.6) is 0 Å². The lowest BCUT2D eigenvalue weighted by atomic mass is 9.98. The molecule has 1 N–H and O–H groups in total. The number of benzene rings is 1. The van der Waals surface area contributed by atoms with Crippen molar-refractivity contribution in [2.45, 2.75) is 46.5 Å². The second-order valence-corrected chi connectivity index (χ2v) is 7.35. The molecule has 1 atom stereocenters. The predicted molar refractivity (Wildman–Crippen MR) is 114 cm³/mol. The Morgan fingerprint density at radius 1 is 1.21 bits per heavy atom. The molecule has 1 aromatic heterocycles. The van der Waals surface area contributed by atoms with Gasteiger partial charge in [-0.3, -0.25) is 4.79 Å². The number of aromatic nitrogens is 2. The van der Waals surface area contributed by atoms with E-state index in [4.69, 9.17) is 14.8 Å². The molecule has 0 aliphatic heterocycles. The minimum absolute atomic E-state index is 0.125. The Balaban J connectivity index is 1.99. The molecule has 1 aliphatic rings. The third kappa shape index (κ3) is 5.22. The number of hydrogen-bond acceptors (Lipinski definition) is 6. The molecule has 0 saturated heterocycles. The van der Waals surface area contributed by atoms with E-state index in [0.717, 1.165) is 23.3 Å². The van der Waals surface area contributed by atoms with Crippen LogP contribution in [0.15, 0.2) is 63.2 Å². The molecule has 1 heterocycles. The number of aliphatic imine (C=N–C) groups is 1. The average molecular weight is 390 g/mol. The first-order valence-corrected chi connectivity index (χ1v) is 9.94. The molecule has 1 unspecified atom stereocenters. The quantitative estimate of drug-likeness (QED) is 0.660. The van der Waals surface area contributed by atoms with Crippen molar-refractivity contribution < 1.29 is 9.21 Å². The fourth-order valence-corrected chi connectivity index (χ4v) is 3.01. The summed E-state index contributed by atoms with van der Waals surface area (Å²) in [7, 11) is 0.